The minimum absolute atomic E-state index is 0.0109. The molecular weight excluding hydrogens is 366 g/mol. The van der Waals surface area contributed by atoms with Crippen LogP contribution in [0.3, 0.4) is 0 Å². The predicted molar refractivity (Wildman–Crippen MR) is 102 cm³/mol. The zero-order chi connectivity index (χ0) is 19.2. The lowest BCUT2D eigenvalue weighted by Gasteiger charge is -2.27. The molecule has 8 heteroatoms. The van der Waals surface area contributed by atoms with E-state index in [0.29, 0.717) is 36.9 Å². The molecule has 0 atom stereocenters. The molecule has 144 valence electrons. The number of nitrogens with zero attached hydrogens (tertiary/aromatic N) is 2. The molecule has 1 N–H and O–H groups in total. The summed E-state index contributed by atoms with van der Waals surface area (Å²) in [5, 5.41) is 12.9. The summed E-state index contributed by atoms with van der Waals surface area (Å²) in [5.74, 6) is -0.682. The number of rotatable bonds is 5. The molecule has 27 heavy (non-hydrogen) atoms. The Balaban J connectivity index is 1.90. The highest BCUT2D eigenvalue weighted by molar-refractivity contribution is 7.16. The third-order valence-electron chi connectivity index (χ3n) is 4.65. The fourth-order valence-electron chi connectivity index (χ4n) is 3.30. The first-order valence-corrected chi connectivity index (χ1v) is 10.0. The fourth-order valence-corrected chi connectivity index (χ4v) is 4.55. The number of carbonyl (C=O) groups excluding carboxylic acids is 2. The number of ether oxygens (including phenoxy) is 2. The van der Waals surface area contributed by atoms with Gasteiger partial charge in [-0.2, -0.15) is 5.26 Å². The van der Waals surface area contributed by atoms with Crippen LogP contribution in [0.2, 0.25) is 0 Å². The van der Waals surface area contributed by atoms with Crippen LogP contribution in [-0.2, 0) is 27.1 Å². The van der Waals surface area contributed by atoms with Crippen molar-refractivity contribution in [3.8, 4) is 6.07 Å². The number of anilines is 1. The molecule has 0 aromatic carbocycles. The van der Waals surface area contributed by atoms with Gasteiger partial charge < -0.3 is 19.7 Å². The highest BCUT2D eigenvalue weighted by Crippen LogP contribution is 2.39. The van der Waals surface area contributed by atoms with E-state index in [1.165, 1.54) is 22.4 Å². The Bertz CT molecular complexity index is 788. The van der Waals surface area contributed by atoms with Crippen LogP contribution in [0.15, 0.2) is 11.8 Å². The summed E-state index contributed by atoms with van der Waals surface area (Å²) in [6, 6.07) is 1.85. The van der Waals surface area contributed by atoms with Gasteiger partial charge in [-0.3, -0.25) is 4.79 Å². The Kier molecular flexibility index (Phi) is 6.48. The normalized spacial score (nSPS) is 17.0. The third kappa shape index (κ3) is 4.31. The molecule has 0 unspecified atom stereocenters. The number of thiophene rings is 1. The van der Waals surface area contributed by atoms with Crippen molar-refractivity contribution < 1.29 is 19.1 Å². The quantitative estimate of drug-likeness (QED) is 0.473. The highest BCUT2D eigenvalue weighted by atomic mass is 32.1. The first kappa shape index (κ1) is 19.4. The number of fused-ring (bicyclic) bond motifs is 1. The Morgan fingerprint density at radius 2 is 2.07 bits per heavy atom. The number of amides is 1. The van der Waals surface area contributed by atoms with E-state index in [1.54, 1.807) is 6.92 Å². The van der Waals surface area contributed by atoms with Crippen LogP contribution >= 0.6 is 11.3 Å². The van der Waals surface area contributed by atoms with E-state index in [1.807, 2.05) is 11.0 Å². The standard InChI is InChI=1S/C19H23N3O4S/c1-2-26-19(24)13(11-20)12-21-17-16(14-5-3-4-6-15(14)27-17)18(23)22-7-9-25-10-8-22/h12,21H,2-10H2,1H3/b13-12+. The van der Waals surface area contributed by atoms with Crippen molar-refractivity contribution in [2.24, 2.45) is 0 Å². The summed E-state index contributed by atoms with van der Waals surface area (Å²) in [5.41, 5.74) is 1.66. The van der Waals surface area contributed by atoms with Crippen LogP contribution in [0.5, 0.6) is 0 Å². The highest BCUT2D eigenvalue weighted by Gasteiger charge is 2.29. The fraction of sp³-hybridized carbons (Fsp3) is 0.526. The molecule has 0 saturated carbocycles. The van der Waals surface area contributed by atoms with Crippen LogP contribution in [0.4, 0.5) is 5.00 Å². The van der Waals surface area contributed by atoms with Crippen molar-refractivity contribution in [1.82, 2.24) is 4.90 Å². The van der Waals surface area contributed by atoms with Gasteiger partial charge in [0.2, 0.25) is 0 Å². The Morgan fingerprint density at radius 3 is 2.78 bits per heavy atom. The average molecular weight is 389 g/mol. The first-order valence-electron chi connectivity index (χ1n) is 9.21. The summed E-state index contributed by atoms with van der Waals surface area (Å²) in [6.45, 7) is 4.12. The lowest BCUT2D eigenvalue weighted by molar-refractivity contribution is -0.138. The van der Waals surface area contributed by atoms with Crippen LogP contribution in [0.25, 0.3) is 0 Å². The topological polar surface area (TPSA) is 91.7 Å². The number of esters is 1. The second kappa shape index (κ2) is 9.02. The Hall–Kier alpha value is -2.37. The van der Waals surface area contributed by atoms with E-state index in [0.717, 1.165) is 31.2 Å². The molecular formula is C19H23N3O4S. The van der Waals surface area contributed by atoms with E-state index in [2.05, 4.69) is 5.32 Å². The number of aryl methyl sites for hydroxylation is 1. The minimum Gasteiger partial charge on any atom is -0.462 e. The van der Waals surface area contributed by atoms with Gasteiger partial charge in [0.25, 0.3) is 5.91 Å². The maximum absolute atomic E-state index is 13.2. The second-order valence-electron chi connectivity index (χ2n) is 6.35. The number of morpholine rings is 1. The van der Waals surface area contributed by atoms with Gasteiger partial charge in [0, 0.05) is 24.2 Å². The van der Waals surface area contributed by atoms with Crippen LogP contribution in [0, 0.1) is 11.3 Å². The minimum atomic E-state index is -0.671. The van der Waals surface area contributed by atoms with Crippen molar-refractivity contribution in [3.05, 3.63) is 27.8 Å². The zero-order valence-corrected chi connectivity index (χ0v) is 16.2. The van der Waals surface area contributed by atoms with Crippen molar-refractivity contribution in [3.63, 3.8) is 0 Å². The Morgan fingerprint density at radius 1 is 1.33 bits per heavy atom. The molecule has 0 bridgehead atoms. The number of nitrogens with one attached hydrogen (secondary N) is 1. The molecule has 1 amide bonds. The molecule has 1 aromatic heterocycles. The third-order valence-corrected chi connectivity index (χ3v) is 5.87. The second-order valence-corrected chi connectivity index (χ2v) is 7.46. The lowest BCUT2D eigenvalue weighted by Crippen LogP contribution is -2.41. The van der Waals surface area contributed by atoms with Gasteiger partial charge in [0.05, 0.1) is 25.4 Å². The number of nitriles is 1. The molecule has 0 radical (unpaired) electrons. The van der Waals surface area contributed by atoms with Crippen molar-refractivity contribution in [1.29, 1.82) is 5.26 Å². The molecule has 2 heterocycles. The monoisotopic (exact) mass is 389 g/mol. The molecule has 1 fully saturated rings. The summed E-state index contributed by atoms with van der Waals surface area (Å²) >= 11 is 1.54. The number of carbonyl (C=O) groups is 2. The van der Waals surface area contributed by atoms with Gasteiger partial charge in [-0.1, -0.05) is 0 Å². The van der Waals surface area contributed by atoms with Crippen molar-refractivity contribution in [2.45, 2.75) is 32.6 Å². The van der Waals surface area contributed by atoms with Gasteiger partial charge in [0.15, 0.2) is 5.57 Å². The smallest absolute Gasteiger partial charge is 0.350 e. The summed E-state index contributed by atoms with van der Waals surface area (Å²) in [7, 11) is 0. The molecule has 3 rings (SSSR count). The Labute approximate surface area is 162 Å². The maximum Gasteiger partial charge on any atom is 0.350 e. The van der Waals surface area contributed by atoms with E-state index in [-0.39, 0.29) is 18.1 Å². The largest absolute Gasteiger partial charge is 0.462 e. The summed E-state index contributed by atoms with van der Waals surface area (Å²) < 4.78 is 10.2. The average Bonchev–Trinajstić information content (AvgIpc) is 3.07. The van der Waals surface area contributed by atoms with E-state index in [4.69, 9.17) is 9.47 Å². The van der Waals surface area contributed by atoms with Gasteiger partial charge in [-0.25, -0.2) is 4.79 Å². The number of hydrogen-bond acceptors (Lipinski definition) is 7. The summed E-state index contributed by atoms with van der Waals surface area (Å²) in [4.78, 5) is 28.0. The van der Waals surface area contributed by atoms with Crippen molar-refractivity contribution >= 4 is 28.2 Å². The van der Waals surface area contributed by atoms with E-state index >= 15 is 0 Å². The molecule has 1 aliphatic heterocycles. The van der Waals surface area contributed by atoms with Gasteiger partial charge in [-0.15, -0.1) is 11.3 Å². The molecule has 0 spiro atoms. The van der Waals surface area contributed by atoms with E-state index < -0.39 is 5.97 Å². The molecule has 7 nitrogen and oxygen atoms in total. The first-order chi connectivity index (χ1) is 13.2. The van der Waals surface area contributed by atoms with Gasteiger partial charge >= 0.3 is 5.97 Å². The lowest BCUT2D eigenvalue weighted by atomic mass is 9.95. The molecule has 1 aliphatic carbocycles. The van der Waals surface area contributed by atoms with Gasteiger partial charge in [0.1, 0.15) is 11.1 Å². The van der Waals surface area contributed by atoms with Gasteiger partial charge in [-0.05, 0) is 38.2 Å². The molecule has 1 aromatic rings. The molecule has 2 aliphatic rings. The number of hydrogen-bond donors (Lipinski definition) is 1. The zero-order valence-electron chi connectivity index (χ0n) is 15.4. The van der Waals surface area contributed by atoms with E-state index in [9.17, 15) is 14.9 Å². The SMILES string of the molecule is CCOC(=O)/C(C#N)=C/Nc1sc2c(c1C(=O)N1CCOCC1)CCCC2. The maximum atomic E-state index is 13.2. The summed E-state index contributed by atoms with van der Waals surface area (Å²) in [6.07, 6.45) is 5.35. The van der Waals surface area contributed by atoms with Crippen LogP contribution in [-0.4, -0.2) is 49.7 Å². The van der Waals surface area contributed by atoms with Crippen molar-refractivity contribution in [2.75, 3.05) is 38.2 Å². The predicted octanol–water partition coefficient (Wildman–Crippen LogP) is 2.48. The molecule has 1 saturated heterocycles. The van der Waals surface area contributed by atoms with Crippen LogP contribution < -0.4 is 5.32 Å². The van der Waals surface area contributed by atoms with Crippen LogP contribution in [0.1, 0.15) is 40.6 Å².